The van der Waals surface area contributed by atoms with Crippen LogP contribution in [0.3, 0.4) is 0 Å². The van der Waals surface area contributed by atoms with Crippen LogP contribution in [0.4, 0.5) is 5.69 Å². The smallest absolute Gasteiger partial charge is 0.119 e. The molecule has 0 amide bonds. The van der Waals surface area contributed by atoms with Gasteiger partial charge in [-0.05, 0) is 43.5 Å². The zero-order valence-corrected chi connectivity index (χ0v) is 10.1. The van der Waals surface area contributed by atoms with E-state index in [2.05, 4.69) is 24.1 Å². The maximum Gasteiger partial charge on any atom is 0.119 e. The zero-order chi connectivity index (χ0) is 11.8. The van der Waals surface area contributed by atoms with Crippen molar-refractivity contribution < 1.29 is 9.84 Å². The number of anilines is 1. The van der Waals surface area contributed by atoms with Crippen molar-refractivity contribution in [2.45, 2.75) is 19.3 Å². The van der Waals surface area contributed by atoms with E-state index < -0.39 is 0 Å². The first kappa shape index (κ1) is 12.8. The van der Waals surface area contributed by atoms with Gasteiger partial charge in [-0.25, -0.2) is 0 Å². The van der Waals surface area contributed by atoms with Gasteiger partial charge in [0.2, 0.25) is 0 Å². The van der Waals surface area contributed by atoms with Gasteiger partial charge in [0.05, 0.1) is 7.11 Å². The summed E-state index contributed by atoms with van der Waals surface area (Å²) in [6.45, 7) is 1.32. The summed E-state index contributed by atoms with van der Waals surface area (Å²) in [4.78, 5) is 2.22. The van der Waals surface area contributed by atoms with E-state index in [0.29, 0.717) is 6.61 Å². The molecule has 1 aromatic rings. The van der Waals surface area contributed by atoms with Crippen LogP contribution in [0, 0.1) is 0 Å². The average Bonchev–Trinajstić information content (AvgIpc) is 2.34. The van der Waals surface area contributed by atoms with Gasteiger partial charge in [0.15, 0.2) is 0 Å². The van der Waals surface area contributed by atoms with E-state index in [1.54, 1.807) is 7.11 Å². The molecular weight excluding hydrogens is 202 g/mol. The molecule has 0 atom stereocenters. The number of unbranched alkanes of at least 4 members (excludes halogenated alkanes) is 2. The van der Waals surface area contributed by atoms with Gasteiger partial charge in [-0.1, -0.05) is 0 Å². The SMILES string of the molecule is COc1ccc(N(C)CCCCCO)cc1. The minimum atomic E-state index is 0.298. The van der Waals surface area contributed by atoms with Crippen LogP contribution in [0.1, 0.15) is 19.3 Å². The van der Waals surface area contributed by atoms with E-state index in [1.807, 2.05) is 12.1 Å². The molecule has 3 heteroatoms. The molecule has 0 fully saturated rings. The highest BCUT2D eigenvalue weighted by Crippen LogP contribution is 2.18. The van der Waals surface area contributed by atoms with Gasteiger partial charge in [0.25, 0.3) is 0 Å². The summed E-state index contributed by atoms with van der Waals surface area (Å²) in [5, 5.41) is 8.68. The molecule has 0 aliphatic carbocycles. The minimum absolute atomic E-state index is 0.298. The molecule has 16 heavy (non-hydrogen) atoms. The Labute approximate surface area is 97.7 Å². The van der Waals surface area contributed by atoms with Crippen molar-refractivity contribution in [2.24, 2.45) is 0 Å². The lowest BCUT2D eigenvalue weighted by atomic mass is 10.2. The Morgan fingerprint density at radius 1 is 1.12 bits per heavy atom. The number of rotatable bonds is 7. The number of ether oxygens (including phenoxy) is 1. The molecule has 0 saturated heterocycles. The zero-order valence-electron chi connectivity index (χ0n) is 10.1. The van der Waals surface area contributed by atoms with E-state index in [1.165, 1.54) is 5.69 Å². The topological polar surface area (TPSA) is 32.7 Å². The van der Waals surface area contributed by atoms with Crippen LogP contribution >= 0.6 is 0 Å². The van der Waals surface area contributed by atoms with Crippen molar-refractivity contribution >= 4 is 5.69 Å². The van der Waals surface area contributed by atoms with E-state index >= 15 is 0 Å². The highest BCUT2D eigenvalue weighted by atomic mass is 16.5. The van der Waals surface area contributed by atoms with E-state index in [4.69, 9.17) is 9.84 Å². The van der Waals surface area contributed by atoms with E-state index in [-0.39, 0.29) is 0 Å². The molecule has 1 aromatic carbocycles. The van der Waals surface area contributed by atoms with Gasteiger partial charge in [-0.3, -0.25) is 0 Å². The van der Waals surface area contributed by atoms with Crippen molar-refractivity contribution in [1.82, 2.24) is 0 Å². The molecule has 1 N–H and O–H groups in total. The number of hydrogen-bond acceptors (Lipinski definition) is 3. The lowest BCUT2D eigenvalue weighted by Gasteiger charge is -2.19. The van der Waals surface area contributed by atoms with Gasteiger partial charge < -0.3 is 14.7 Å². The highest BCUT2D eigenvalue weighted by molar-refractivity contribution is 5.48. The summed E-state index contributed by atoms with van der Waals surface area (Å²) >= 11 is 0. The van der Waals surface area contributed by atoms with Crippen LogP contribution in [0.25, 0.3) is 0 Å². The number of aliphatic hydroxyl groups is 1. The summed E-state index contributed by atoms with van der Waals surface area (Å²) in [6.07, 6.45) is 3.09. The van der Waals surface area contributed by atoms with Crippen molar-refractivity contribution in [3.05, 3.63) is 24.3 Å². The maximum atomic E-state index is 8.68. The number of nitrogens with zero attached hydrogens (tertiary/aromatic N) is 1. The monoisotopic (exact) mass is 223 g/mol. The molecule has 0 radical (unpaired) electrons. The van der Waals surface area contributed by atoms with Crippen LogP contribution in [-0.2, 0) is 0 Å². The van der Waals surface area contributed by atoms with Crippen molar-refractivity contribution in [3.63, 3.8) is 0 Å². The molecule has 0 aromatic heterocycles. The first-order valence-electron chi connectivity index (χ1n) is 5.74. The molecule has 0 aliphatic heterocycles. The highest BCUT2D eigenvalue weighted by Gasteiger charge is 2.00. The Bertz CT molecular complexity index is 284. The van der Waals surface area contributed by atoms with Crippen LogP contribution in [0.15, 0.2) is 24.3 Å². The second kappa shape index (κ2) is 7.12. The van der Waals surface area contributed by atoms with Gasteiger partial charge in [-0.2, -0.15) is 0 Å². The standard InChI is InChI=1S/C13H21NO2/c1-14(10-4-3-5-11-15)12-6-8-13(16-2)9-7-12/h6-9,15H,3-5,10-11H2,1-2H3. The first-order valence-corrected chi connectivity index (χ1v) is 5.74. The third kappa shape index (κ3) is 4.11. The summed E-state index contributed by atoms with van der Waals surface area (Å²) in [6, 6.07) is 8.06. The fourth-order valence-corrected chi connectivity index (χ4v) is 1.60. The summed E-state index contributed by atoms with van der Waals surface area (Å²) in [5.41, 5.74) is 1.20. The number of hydrogen-bond donors (Lipinski definition) is 1. The lowest BCUT2D eigenvalue weighted by Crippen LogP contribution is -2.18. The Morgan fingerprint density at radius 3 is 2.38 bits per heavy atom. The molecule has 0 unspecified atom stereocenters. The fraction of sp³-hybridized carbons (Fsp3) is 0.538. The van der Waals surface area contributed by atoms with Gasteiger partial charge in [0.1, 0.15) is 5.75 Å². The van der Waals surface area contributed by atoms with Crippen LogP contribution < -0.4 is 9.64 Å². The number of methoxy groups -OCH3 is 1. The van der Waals surface area contributed by atoms with Crippen molar-refractivity contribution in [2.75, 3.05) is 32.2 Å². The number of aliphatic hydroxyl groups excluding tert-OH is 1. The first-order chi connectivity index (χ1) is 7.77. The van der Waals surface area contributed by atoms with Gasteiger partial charge >= 0.3 is 0 Å². The molecule has 0 spiro atoms. The summed E-state index contributed by atoms with van der Waals surface area (Å²) < 4.78 is 5.12. The summed E-state index contributed by atoms with van der Waals surface area (Å²) in [7, 11) is 3.76. The van der Waals surface area contributed by atoms with Crippen molar-refractivity contribution in [1.29, 1.82) is 0 Å². The largest absolute Gasteiger partial charge is 0.497 e. The Kier molecular flexibility index (Phi) is 5.72. The molecular formula is C13H21NO2. The second-order valence-corrected chi connectivity index (χ2v) is 3.90. The molecule has 0 bridgehead atoms. The van der Waals surface area contributed by atoms with E-state index in [0.717, 1.165) is 31.6 Å². The predicted octanol–water partition coefficient (Wildman–Crippen LogP) is 2.29. The molecule has 0 aliphatic rings. The third-order valence-corrected chi connectivity index (χ3v) is 2.66. The second-order valence-electron chi connectivity index (χ2n) is 3.90. The van der Waals surface area contributed by atoms with Crippen LogP contribution in [0.2, 0.25) is 0 Å². The summed E-state index contributed by atoms with van der Waals surface area (Å²) in [5.74, 6) is 0.887. The van der Waals surface area contributed by atoms with Crippen molar-refractivity contribution in [3.8, 4) is 5.75 Å². The van der Waals surface area contributed by atoms with Crippen LogP contribution in [-0.4, -0.2) is 32.4 Å². The average molecular weight is 223 g/mol. The predicted molar refractivity (Wildman–Crippen MR) is 67.2 cm³/mol. The fourth-order valence-electron chi connectivity index (χ4n) is 1.60. The molecule has 1 rings (SSSR count). The minimum Gasteiger partial charge on any atom is -0.497 e. The van der Waals surface area contributed by atoms with Crippen LogP contribution in [0.5, 0.6) is 5.75 Å². The third-order valence-electron chi connectivity index (χ3n) is 2.66. The Morgan fingerprint density at radius 2 is 1.81 bits per heavy atom. The normalized spacial score (nSPS) is 10.2. The quantitative estimate of drug-likeness (QED) is 0.720. The molecule has 90 valence electrons. The maximum absolute atomic E-state index is 8.68. The van der Waals surface area contributed by atoms with E-state index in [9.17, 15) is 0 Å². The molecule has 3 nitrogen and oxygen atoms in total. The Balaban J connectivity index is 2.37. The molecule has 0 saturated carbocycles. The number of benzene rings is 1. The van der Waals surface area contributed by atoms with Gasteiger partial charge in [0, 0.05) is 25.9 Å². The Hall–Kier alpha value is -1.22. The molecule has 0 heterocycles. The lowest BCUT2D eigenvalue weighted by molar-refractivity contribution is 0.283. The van der Waals surface area contributed by atoms with Gasteiger partial charge in [-0.15, -0.1) is 0 Å².